The van der Waals surface area contributed by atoms with E-state index in [1.165, 1.54) is 4.90 Å². The Labute approximate surface area is 157 Å². The van der Waals surface area contributed by atoms with Crippen molar-refractivity contribution in [1.82, 2.24) is 0 Å². The summed E-state index contributed by atoms with van der Waals surface area (Å²) < 4.78 is 0. The number of hydrogen-bond donors (Lipinski definition) is 1. The summed E-state index contributed by atoms with van der Waals surface area (Å²) in [5.41, 5.74) is 2.61. The van der Waals surface area contributed by atoms with Crippen molar-refractivity contribution >= 4 is 29.1 Å². The molecule has 0 aromatic heterocycles. The Kier molecular flexibility index (Phi) is 4.73. The van der Waals surface area contributed by atoms with Crippen molar-refractivity contribution in [2.75, 3.05) is 16.3 Å². The zero-order valence-corrected chi connectivity index (χ0v) is 15.0. The van der Waals surface area contributed by atoms with E-state index in [-0.39, 0.29) is 24.1 Å². The fourth-order valence-electron chi connectivity index (χ4n) is 3.70. The maximum atomic E-state index is 12.6. The molecule has 1 atom stereocenters. The van der Waals surface area contributed by atoms with Crippen molar-refractivity contribution in [1.29, 1.82) is 0 Å². The van der Waals surface area contributed by atoms with E-state index < -0.39 is 6.04 Å². The predicted octanol–water partition coefficient (Wildman–Crippen LogP) is 1.21. The highest BCUT2D eigenvalue weighted by Gasteiger charge is 2.42. The molecule has 2 aliphatic heterocycles. The van der Waals surface area contributed by atoms with Gasteiger partial charge < -0.3 is 10.2 Å². The highest BCUT2D eigenvalue weighted by Crippen LogP contribution is 2.22. The molecule has 3 amide bonds. The van der Waals surface area contributed by atoms with Crippen molar-refractivity contribution in [3.05, 3.63) is 60.2 Å². The molecule has 2 aromatic carbocycles. The third-order valence-corrected chi connectivity index (χ3v) is 5.16. The predicted molar refractivity (Wildman–Crippen MR) is 101 cm³/mol. The van der Waals surface area contributed by atoms with Crippen LogP contribution in [0.1, 0.15) is 24.8 Å². The van der Waals surface area contributed by atoms with Gasteiger partial charge in [0.25, 0.3) is 5.91 Å². The largest absolute Gasteiger partial charge is 0.332 e. The van der Waals surface area contributed by atoms with E-state index in [0.29, 0.717) is 18.7 Å². The Balaban J connectivity index is 1.38. The first-order valence-electron chi connectivity index (χ1n) is 9.28. The first-order valence-corrected chi connectivity index (χ1v) is 9.28. The number of imide groups is 1. The molecule has 2 aromatic rings. The molecule has 0 spiro atoms. The van der Waals surface area contributed by atoms with E-state index in [9.17, 15) is 14.4 Å². The number of benzene rings is 2. The Hall–Kier alpha value is -2.99. The van der Waals surface area contributed by atoms with Crippen molar-refractivity contribution in [3.8, 4) is 0 Å². The molecule has 2 saturated heterocycles. The Morgan fingerprint density at radius 3 is 2.30 bits per heavy atom. The lowest BCUT2D eigenvalue weighted by Crippen LogP contribution is -2.90. The molecular weight excluding hydrogens is 342 g/mol. The topological polar surface area (TPSA) is 74.3 Å². The zero-order chi connectivity index (χ0) is 18.8. The quantitative estimate of drug-likeness (QED) is 0.811. The highest BCUT2D eigenvalue weighted by molar-refractivity contribution is 6.21. The molecular formula is C21H22N3O3+. The van der Waals surface area contributed by atoms with E-state index in [4.69, 9.17) is 0 Å². The van der Waals surface area contributed by atoms with Gasteiger partial charge in [0.1, 0.15) is 6.54 Å². The minimum atomic E-state index is -0.391. The van der Waals surface area contributed by atoms with Gasteiger partial charge in [-0.15, -0.1) is 0 Å². The van der Waals surface area contributed by atoms with Gasteiger partial charge in [0.15, 0.2) is 6.04 Å². The molecule has 0 unspecified atom stereocenters. The second-order valence-electron chi connectivity index (χ2n) is 6.97. The van der Waals surface area contributed by atoms with E-state index in [1.807, 2.05) is 52.7 Å². The second kappa shape index (κ2) is 7.32. The average Bonchev–Trinajstić information content (AvgIpc) is 3.24. The molecule has 2 aliphatic rings. The summed E-state index contributed by atoms with van der Waals surface area (Å²) in [6.45, 7) is 1.39. The lowest BCUT2D eigenvalue weighted by Gasteiger charge is -2.16. The maximum absolute atomic E-state index is 12.6. The number of carbonyl (C=O) groups excluding carboxylic acids is 3. The minimum Gasteiger partial charge on any atom is -0.332 e. The number of rotatable bonds is 5. The van der Waals surface area contributed by atoms with Gasteiger partial charge in [0.05, 0.1) is 12.1 Å². The molecule has 0 aliphatic carbocycles. The van der Waals surface area contributed by atoms with E-state index in [2.05, 4.69) is 0 Å². The van der Waals surface area contributed by atoms with E-state index >= 15 is 0 Å². The van der Waals surface area contributed by atoms with Crippen molar-refractivity contribution in [3.63, 3.8) is 0 Å². The summed E-state index contributed by atoms with van der Waals surface area (Å²) in [5.74, 6) is -0.147. The summed E-state index contributed by atoms with van der Waals surface area (Å²) in [7, 11) is 0. The van der Waals surface area contributed by atoms with Crippen LogP contribution in [0, 0.1) is 0 Å². The van der Waals surface area contributed by atoms with Crippen LogP contribution in [-0.4, -0.2) is 30.3 Å². The lowest BCUT2D eigenvalue weighted by atomic mass is 10.1. The zero-order valence-electron chi connectivity index (χ0n) is 15.0. The standard InChI is InChI=1S/C21H21N3O3/c25-19-7-4-12-23(19)16-10-8-15(9-11-16)14-22-18-13-20(26)24(21(18)27)17-5-2-1-3-6-17/h1-3,5-6,8-11,18,22H,4,7,12-14H2/p+1/t18-/m0/s1. The van der Waals surface area contributed by atoms with Crippen LogP contribution in [0.3, 0.4) is 0 Å². The fraction of sp³-hybridized carbons (Fsp3) is 0.286. The normalized spacial score (nSPS) is 20.0. The lowest BCUT2D eigenvalue weighted by molar-refractivity contribution is -0.690. The molecule has 4 rings (SSSR count). The Morgan fingerprint density at radius 2 is 1.63 bits per heavy atom. The van der Waals surface area contributed by atoms with Crippen LogP contribution in [0.4, 0.5) is 11.4 Å². The Morgan fingerprint density at radius 1 is 0.889 bits per heavy atom. The molecule has 2 fully saturated rings. The minimum absolute atomic E-state index is 0.157. The smallest absolute Gasteiger partial charge is 0.292 e. The monoisotopic (exact) mass is 364 g/mol. The Bertz CT molecular complexity index is 864. The first kappa shape index (κ1) is 17.4. The van der Waals surface area contributed by atoms with Crippen LogP contribution >= 0.6 is 0 Å². The molecule has 2 N–H and O–H groups in total. The van der Waals surface area contributed by atoms with Crippen molar-refractivity contribution < 1.29 is 19.7 Å². The van der Waals surface area contributed by atoms with Gasteiger partial charge in [-0.3, -0.25) is 14.4 Å². The van der Waals surface area contributed by atoms with E-state index in [0.717, 1.165) is 24.2 Å². The van der Waals surface area contributed by atoms with Gasteiger partial charge in [0, 0.05) is 24.2 Å². The van der Waals surface area contributed by atoms with Gasteiger partial charge in [-0.25, -0.2) is 4.90 Å². The highest BCUT2D eigenvalue weighted by atomic mass is 16.2. The molecule has 2 heterocycles. The van der Waals surface area contributed by atoms with Gasteiger partial charge in [0.2, 0.25) is 11.8 Å². The molecule has 27 heavy (non-hydrogen) atoms. The number of nitrogens with two attached hydrogens (primary N) is 1. The average molecular weight is 364 g/mol. The molecule has 0 saturated carbocycles. The summed E-state index contributed by atoms with van der Waals surface area (Å²) >= 11 is 0. The van der Waals surface area contributed by atoms with Gasteiger partial charge in [-0.1, -0.05) is 30.3 Å². The molecule has 6 heteroatoms. The van der Waals surface area contributed by atoms with Crippen molar-refractivity contribution in [2.24, 2.45) is 0 Å². The number of quaternary nitrogens is 1. The molecule has 6 nitrogen and oxygen atoms in total. The second-order valence-corrected chi connectivity index (χ2v) is 6.97. The summed E-state index contributed by atoms with van der Waals surface area (Å²) in [5, 5.41) is 1.92. The van der Waals surface area contributed by atoms with Gasteiger partial charge in [-0.2, -0.15) is 0 Å². The number of para-hydroxylation sites is 1. The van der Waals surface area contributed by atoms with Crippen LogP contribution in [0.5, 0.6) is 0 Å². The summed E-state index contributed by atoms with van der Waals surface area (Å²) in [6.07, 6.45) is 1.74. The van der Waals surface area contributed by atoms with Crippen LogP contribution in [0.15, 0.2) is 54.6 Å². The fourth-order valence-corrected chi connectivity index (χ4v) is 3.70. The summed E-state index contributed by atoms with van der Waals surface area (Å²) in [4.78, 5) is 39.8. The van der Waals surface area contributed by atoms with E-state index in [1.54, 1.807) is 12.1 Å². The summed E-state index contributed by atoms with van der Waals surface area (Å²) in [6, 6.07) is 16.5. The number of nitrogens with zero attached hydrogens (tertiary/aromatic N) is 2. The SMILES string of the molecule is O=C1CCCN1c1ccc(C[NH2+][C@H]2CC(=O)N(c3ccccc3)C2=O)cc1. The molecule has 0 bridgehead atoms. The first-order chi connectivity index (χ1) is 13.1. The van der Waals surface area contributed by atoms with Crippen molar-refractivity contribution in [2.45, 2.75) is 31.8 Å². The molecule has 138 valence electrons. The van der Waals surface area contributed by atoms with Crippen LogP contribution in [-0.2, 0) is 20.9 Å². The number of anilines is 2. The van der Waals surface area contributed by atoms with Crippen LogP contribution < -0.4 is 15.1 Å². The van der Waals surface area contributed by atoms with Gasteiger partial charge >= 0.3 is 0 Å². The number of hydrogen-bond acceptors (Lipinski definition) is 3. The third kappa shape index (κ3) is 3.48. The van der Waals surface area contributed by atoms with Crippen LogP contribution in [0.2, 0.25) is 0 Å². The third-order valence-electron chi connectivity index (χ3n) is 5.16. The number of carbonyl (C=O) groups is 3. The maximum Gasteiger partial charge on any atom is 0.292 e. The molecule has 0 radical (unpaired) electrons. The number of amides is 3. The van der Waals surface area contributed by atoms with Crippen LogP contribution in [0.25, 0.3) is 0 Å². The van der Waals surface area contributed by atoms with Gasteiger partial charge in [-0.05, 0) is 30.7 Å².